The van der Waals surface area contributed by atoms with Crippen molar-refractivity contribution < 1.29 is 24.2 Å². The van der Waals surface area contributed by atoms with Crippen LogP contribution in [0.1, 0.15) is 21.5 Å². The average Bonchev–Trinajstić information content (AvgIpc) is 3.26. The molecule has 3 aromatic carbocycles. The summed E-state index contributed by atoms with van der Waals surface area (Å²) in [6.07, 6.45) is 0. The minimum atomic E-state index is -0.476. The number of amides is 1. The molecular formula is C30H32N4O5. The van der Waals surface area contributed by atoms with E-state index in [1.165, 1.54) is 7.11 Å². The molecule has 4 aromatic rings. The van der Waals surface area contributed by atoms with Gasteiger partial charge in [0.25, 0.3) is 0 Å². The minimum absolute atomic E-state index is 0.0214. The van der Waals surface area contributed by atoms with Crippen LogP contribution in [0, 0.1) is 0 Å². The largest absolute Gasteiger partial charge is 0.494 e. The molecule has 0 unspecified atom stereocenters. The van der Waals surface area contributed by atoms with Crippen LogP contribution in [0.15, 0.2) is 77.8 Å². The van der Waals surface area contributed by atoms with Gasteiger partial charge in [-0.05, 0) is 50.5 Å². The molecule has 0 aliphatic heterocycles. The number of aromatic amines is 1. The normalized spacial score (nSPS) is 11.7. The topological polar surface area (TPSA) is 107 Å². The van der Waals surface area contributed by atoms with Crippen molar-refractivity contribution in [2.45, 2.75) is 0 Å². The van der Waals surface area contributed by atoms with Crippen LogP contribution in [0.4, 0.5) is 11.4 Å². The molecule has 2 N–H and O–H groups in total. The molecule has 9 nitrogen and oxygen atoms in total. The van der Waals surface area contributed by atoms with Gasteiger partial charge in [-0.3, -0.25) is 4.79 Å². The zero-order chi connectivity index (χ0) is 27.9. The predicted molar refractivity (Wildman–Crippen MR) is 152 cm³/mol. The molecular weight excluding hydrogens is 496 g/mol. The molecule has 0 spiro atoms. The highest BCUT2D eigenvalue weighted by atomic mass is 16.6. The van der Waals surface area contributed by atoms with E-state index in [9.17, 15) is 14.7 Å². The van der Waals surface area contributed by atoms with Crippen LogP contribution in [-0.2, 0) is 14.3 Å². The molecule has 1 aromatic heterocycles. The molecule has 0 saturated heterocycles. The van der Waals surface area contributed by atoms with Crippen molar-refractivity contribution in [3.8, 4) is 5.88 Å². The third-order valence-electron chi connectivity index (χ3n) is 6.12. The van der Waals surface area contributed by atoms with E-state index in [0.29, 0.717) is 46.6 Å². The zero-order valence-corrected chi connectivity index (χ0v) is 22.5. The van der Waals surface area contributed by atoms with Crippen LogP contribution in [0.3, 0.4) is 0 Å². The van der Waals surface area contributed by atoms with Gasteiger partial charge in [0.05, 0.1) is 35.7 Å². The van der Waals surface area contributed by atoms with Crippen LogP contribution in [0.25, 0.3) is 10.9 Å². The summed E-state index contributed by atoms with van der Waals surface area (Å²) >= 11 is 0. The highest BCUT2D eigenvalue weighted by molar-refractivity contribution is 6.22. The smallest absolute Gasteiger partial charge is 0.338 e. The lowest BCUT2D eigenvalue weighted by atomic mass is 10.00. The van der Waals surface area contributed by atoms with Crippen molar-refractivity contribution in [2.75, 3.05) is 52.9 Å². The average molecular weight is 529 g/mol. The van der Waals surface area contributed by atoms with Gasteiger partial charge in [-0.15, -0.1) is 0 Å². The Morgan fingerprint density at radius 2 is 1.64 bits per heavy atom. The zero-order valence-electron chi connectivity index (χ0n) is 22.5. The van der Waals surface area contributed by atoms with Crippen molar-refractivity contribution in [3.05, 3.63) is 89.5 Å². The predicted octanol–water partition coefficient (Wildman–Crippen LogP) is 4.37. The number of carbonyl (C=O) groups is 2. The number of aromatic nitrogens is 1. The van der Waals surface area contributed by atoms with Crippen molar-refractivity contribution in [1.29, 1.82) is 0 Å². The molecule has 9 heteroatoms. The van der Waals surface area contributed by atoms with Gasteiger partial charge >= 0.3 is 5.97 Å². The minimum Gasteiger partial charge on any atom is -0.494 e. The maximum atomic E-state index is 12.4. The lowest BCUT2D eigenvalue weighted by Gasteiger charge is -2.19. The number of hydrogen-bond acceptors (Lipinski definition) is 7. The Hall–Kier alpha value is -4.47. The number of aliphatic imine (C=N–C) groups is 1. The highest BCUT2D eigenvalue weighted by Gasteiger charge is 2.20. The number of hydrogen-bond donors (Lipinski definition) is 2. The number of rotatable bonds is 10. The fourth-order valence-electron chi connectivity index (χ4n) is 4.11. The summed E-state index contributed by atoms with van der Waals surface area (Å²) in [6, 6.07) is 22.0. The number of likely N-dealkylation sites (N-methyl/N-ethyl adjacent to an activating group) is 2. The molecule has 0 atom stereocenters. The summed E-state index contributed by atoms with van der Waals surface area (Å²) in [5, 5.41) is 11.7. The summed E-state index contributed by atoms with van der Waals surface area (Å²) in [4.78, 5) is 36.2. The number of H-pyrrole nitrogens is 1. The fraction of sp³-hybridized carbons (Fsp3) is 0.233. The quantitative estimate of drug-likeness (QED) is 0.180. The Morgan fingerprint density at radius 1 is 0.923 bits per heavy atom. The Balaban J connectivity index is 1.71. The van der Waals surface area contributed by atoms with Gasteiger partial charge in [0.1, 0.15) is 6.61 Å². The second-order valence-corrected chi connectivity index (χ2v) is 9.27. The highest BCUT2D eigenvalue weighted by Crippen LogP contribution is 2.32. The van der Waals surface area contributed by atoms with Gasteiger partial charge in [0, 0.05) is 36.3 Å². The number of esters is 1. The van der Waals surface area contributed by atoms with Crippen LogP contribution < -0.4 is 4.90 Å². The lowest BCUT2D eigenvalue weighted by molar-refractivity contribution is -0.118. The number of fused-ring (bicyclic) bond motifs is 1. The number of benzene rings is 3. The summed E-state index contributed by atoms with van der Waals surface area (Å²) < 4.78 is 10.1. The maximum Gasteiger partial charge on any atom is 0.338 e. The number of nitrogens with zero attached hydrogens (tertiary/aromatic N) is 3. The van der Waals surface area contributed by atoms with Crippen molar-refractivity contribution in [2.24, 2.45) is 4.99 Å². The number of ether oxygens (including phenoxy) is 2. The van der Waals surface area contributed by atoms with E-state index in [-0.39, 0.29) is 18.4 Å². The molecule has 1 heterocycles. The first-order valence-corrected chi connectivity index (χ1v) is 12.4. The Kier molecular flexibility index (Phi) is 8.75. The maximum absolute atomic E-state index is 12.4. The fourth-order valence-corrected chi connectivity index (χ4v) is 4.11. The SMILES string of the molecule is COCCOC(=O)c1ccc2c(C(=Nc3ccc(N(C)C(=O)CN(C)C)cc3)c3ccccc3)c(O)[nH]c2c1. The van der Waals surface area contributed by atoms with Gasteiger partial charge in [0.2, 0.25) is 5.91 Å². The van der Waals surface area contributed by atoms with E-state index in [0.717, 1.165) is 11.3 Å². The number of methoxy groups -OCH3 is 1. The first kappa shape index (κ1) is 27.6. The number of nitrogens with one attached hydrogen (secondary N) is 1. The van der Waals surface area contributed by atoms with Crippen molar-refractivity contribution in [1.82, 2.24) is 9.88 Å². The standard InChI is InChI=1S/C30H32N4O5/c1-33(2)19-26(35)34(3)23-13-11-22(12-14-23)31-28(20-8-6-5-7-9-20)27-24-15-10-21(18-25(24)32-29(27)36)30(37)39-17-16-38-4/h5-15,18,32,36H,16-17,19H2,1-4H3. The molecule has 202 valence electrons. The van der Waals surface area contributed by atoms with Gasteiger partial charge in [0.15, 0.2) is 5.88 Å². The van der Waals surface area contributed by atoms with Gasteiger partial charge in [-0.25, -0.2) is 9.79 Å². The van der Waals surface area contributed by atoms with E-state index in [1.807, 2.05) is 73.6 Å². The molecule has 0 radical (unpaired) electrons. The summed E-state index contributed by atoms with van der Waals surface area (Å²) in [5.74, 6) is -0.564. The van der Waals surface area contributed by atoms with Crippen LogP contribution in [0.2, 0.25) is 0 Å². The Bertz CT molecular complexity index is 1480. The van der Waals surface area contributed by atoms with Gasteiger partial charge in [-0.2, -0.15) is 0 Å². The summed E-state index contributed by atoms with van der Waals surface area (Å²) in [7, 11) is 6.98. The molecule has 39 heavy (non-hydrogen) atoms. The lowest BCUT2D eigenvalue weighted by Crippen LogP contribution is -2.34. The van der Waals surface area contributed by atoms with E-state index in [1.54, 1.807) is 30.1 Å². The van der Waals surface area contributed by atoms with E-state index >= 15 is 0 Å². The van der Waals surface area contributed by atoms with Crippen molar-refractivity contribution >= 4 is 39.9 Å². The second-order valence-electron chi connectivity index (χ2n) is 9.27. The molecule has 0 aliphatic rings. The van der Waals surface area contributed by atoms with Crippen LogP contribution in [-0.4, -0.2) is 80.6 Å². The first-order chi connectivity index (χ1) is 18.8. The Labute approximate surface area is 227 Å². The van der Waals surface area contributed by atoms with Crippen LogP contribution >= 0.6 is 0 Å². The number of aromatic hydroxyl groups is 1. The number of carbonyl (C=O) groups excluding carboxylic acids is 2. The molecule has 0 fully saturated rings. The Morgan fingerprint density at radius 3 is 2.31 bits per heavy atom. The molecule has 1 amide bonds. The molecule has 0 aliphatic carbocycles. The van der Waals surface area contributed by atoms with Gasteiger partial charge < -0.3 is 29.4 Å². The van der Waals surface area contributed by atoms with Crippen LogP contribution in [0.5, 0.6) is 5.88 Å². The van der Waals surface area contributed by atoms with E-state index < -0.39 is 5.97 Å². The molecule has 4 rings (SSSR count). The summed E-state index contributed by atoms with van der Waals surface area (Å²) in [6.45, 7) is 0.765. The molecule has 0 bridgehead atoms. The monoisotopic (exact) mass is 528 g/mol. The number of anilines is 1. The first-order valence-electron chi connectivity index (χ1n) is 12.4. The van der Waals surface area contributed by atoms with E-state index in [4.69, 9.17) is 14.5 Å². The summed E-state index contributed by atoms with van der Waals surface area (Å²) in [5.41, 5.74) is 4.20. The van der Waals surface area contributed by atoms with E-state index in [2.05, 4.69) is 4.98 Å². The third kappa shape index (κ3) is 6.51. The van der Waals surface area contributed by atoms with Gasteiger partial charge in [-0.1, -0.05) is 36.4 Å². The molecule has 0 saturated carbocycles. The van der Waals surface area contributed by atoms with Crippen molar-refractivity contribution in [3.63, 3.8) is 0 Å². The third-order valence-corrected chi connectivity index (χ3v) is 6.12. The second kappa shape index (κ2) is 12.4.